The average Bonchev–Trinajstić information content (AvgIpc) is 2.59. The van der Waals surface area contributed by atoms with Crippen LogP contribution in [0.1, 0.15) is 32.8 Å². The number of hydrogen-bond donors (Lipinski definition) is 1. The predicted octanol–water partition coefficient (Wildman–Crippen LogP) is 3.60. The van der Waals surface area contributed by atoms with Gasteiger partial charge in [0.15, 0.2) is 0 Å². The molecular formula is C19H25F3N2O4. The second-order valence-corrected chi connectivity index (χ2v) is 7.67. The van der Waals surface area contributed by atoms with Gasteiger partial charge in [-0.1, -0.05) is 6.07 Å². The summed E-state index contributed by atoms with van der Waals surface area (Å²) in [4.78, 5) is 26.0. The molecule has 0 unspecified atom stereocenters. The first kappa shape index (κ1) is 21.8. The van der Waals surface area contributed by atoms with Crippen LogP contribution in [0.5, 0.6) is 0 Å². The average molecular weight is 402 g/mol. The summed E-state index contributed by atoms with van der Waals surface area (Å²) in [6.45, 7) is 5.66. The summed E-state index contributed by atoms with van der Waals surface area (Å²) in [6, 6.07) is 4.40. The fourth-order valence-electron chi connectivity index (χ4n) is 3.09. The number of carbonyl (C=O) groups excluding carboxylic acids is 2. The van der Waals surface area contributed by atoms with Gasteiger partial charge in [0.1, 0.15) is 5.60 Å². The molecule has 1 aliphatic rings. The van der Waals surface area contributed by atoms with Crippen molar-refractivity contribution >= 4 is 17.7 Å². The summed E-state index contributed by atoms with van der Waals surface area (Å²) in [5, 5.41) is 2.68. The third-order valence-electron chi connectivity index (χ3n) is 4.36. The summed E-state index contributed by atoms with van der Waals surface area (Å²) < 4.78 is 49.0. The summed E-state index contributed by atoms with van der Waals surface area (Å²) in [5.74, 6) is -1.28. The lowest BCUT2D eigenvalue weighted by Crippen LogP contribution is -2.54. The highest BCUT2D eigenvalue weighted by Gasteiger charge is 2.38. The first-order chi connectivity index (χ1) is 12.9. The lowest BCUT2D eigenvalue weighted by Gasteiger charge is -2.39. The Morgan fingerprint density at radius 2 is 1.89 bits per heavy atom. The van der Waals surface area contributed by atoms with E-state index in [-0.39, 0.29) is 6.54 Å². The van der Waals surface area contributed by atoms with E-state index >= 15 is 0 Å². The number of carbonyl (C=O) groups is 2. The van der Waals surface area contributed by atoms with Crippen molar-refractivity contribution in [1.29, 1.82) is 0 Å². The third kappa shape index (κ3) is 5.77. The molecule has 1 heterocycles. The minimum Gasteiger partial charge on any atom is -0.469 e. The number of alkyl carbamates (subject to hydrolysis) is 1. The van der Waals surface area contributed by atoms with Crippen LogP contribution in [-0.4, -0.2) is 43.9 Å². The van der Waals surface area contributed by atoms with Crippen LogP contribution >= 0.6 is 0 Å². The zero-order chi connectivity index (χ0) is 21.1. The van der Waals surface area contributed by atoms with E-state index in [1.807, 2.05) is 0 Å². The summed E-state index contributed by atoms with van der Waals surface area (Å²) in [5.41, 5.74) is -1.09. The van der Waals surface area contributed by atoms with Crippen LogP contribution in [0.15, 0.2) is 24.3 Å². The fourth-order valence-corrected chi connectivity index (χ4v) is 3.09. The maximum atomic E-state index is 13.0. The molecular weight excluding hydrogens is 377 g/mol. The number of piperidine rings is 1. The van der Waals surface area contributed by atoms with Crippen molar-refractivity contribution in [3.05, 3.63) is 29.8 Å². The number of hydrogen-bond acceptors (Lipinski definition) is 5. The molecule has 0 aliphatic carbocycles. The van der Waals surface area contributed by atoms with Crippen molar-refractivity contribution in [2.75, 3.05) is 25.1 Å². The Kier molecular flexibility index (Phi) is 6.46. The number of methoxy groups -OCH3 is 1. The number of rotatable bonds is 3. The molecule has 1 saturated heterocycles. The number of halogens is 3. The highest BCUT2D eigenvalue weighted by Crippen LogP contribution is 2.33. The van der Waals surface area contributed by atoms with Crippen molar-refractivity contribution < 1.29 is 32.2 Å². The van der Waals surface area contributed by atoms with Crippen LogP contribution in [0.4, 0.5) is 23.7 Å². The van der Waals surface area contributed by atoms with Crippen LogP contribution < -0.4 is 10.2 Å². The van der Waals surface area contributed by atoms with Crippen molar-refractivity contribution in [3.8, 4) is 0 Å². The van der Waals surface area contributed by atoms with Gasteiger partial charge in [0.2, 0.25) is 0 Å². The Labute approximate surface area is 162 Å². The van der Waals surface area contributed by atoms with Crippen molar-refractivity contribution in [3.63, 3.8) is 0 Å². The monoisotopic (exact) mass is 402 g/mol. The first-order valence-electron chi connectivity index (χ1n) is 8.90. The van der Waals surface area contributed by atoms with Crippen LogP contribution in [0, 0.1) is 5.92 Å². The molecule has 0 saturated carbocycles. The number of amides is 1. The summed E-state index contributed by atoms with van der Waals surface area (Å²) >= 11 is 0. The minimum absolute atomic E-state index is 0.119. The van der Waals surface area contributed by atoms with E-state index in [1.54, 1.807) is 31.7 Å². The van der Waals surface area contributed by atoms with E-state index in [4.69, 9.17) is 9.47 Å². The van der Waals surface area contributed by atoms with Crippen molar-refractivity contribution in [1.82, 2.24) is 5.32 Å². The van der Waals surface area contributed by atoms with Crippen LogP contribution in [0.3, 0.4) is 0 Å². The Morgan fingerprint density at radius 3 is 2.46 bits per heavy atom. The summed E-state index contributed by atoms with van der Waals surface area (Å²) in [7, 11) is 1.23. The molecule has 1 aliphatic heterocycles. The Balaban J connectivity index is 2.16. The van der Waals surface area contributed by atoms with E-state index in [1.165, 1.54) is 13.2 Å². The van der Waals surface area contributed by atoms with Crippen LogP contribution in [0.2, 0.25) is 0 Å². The van der Waals surface area contributed by atoms with Gasteiger partial charge < -0.3 is 19.7 Å². The normalized spacial score (nSPS) is 20.5. The molecule has 0 spiro atoms. The standard InChI is InChI=1S/C19H25F3N2O4/c1-18(2,3)28-17(26)23-15-8-9-24(11-14(15)16(25)27-4)13-7-5-6-12(10-13)19(20,21)22/h5-7,10,14-15H,8-9,11H2,1-4H3,(H,23,26)/t14-,15-/m0/s1. The molecule has 156 valence electrons. The van der Waals surface area contributed by atoms with E-state index in [2.05, 4.69) is 5.32 Å². The number of anilines is 1. The molecule has 1 fully saturated rings. The number of alkyl halides is 3. The zero-order valence-electron chi connectivity index (χ0n) is 16.3. The van der Waals surface area contributed by atoms with Gasteiger partial charge in [0, 0.05) is 24.8 Å². The molecule has 0 radical (unpaired) electrons. The van der Waals surface area contributed by atoms with Crippen molar-refractivity contribution in [2.45, 2.75) is 45.0 Å². The number of nitrogens with zero attached hydrogens (tertiary/aromatic N) is 1. The van der Waals surface area contributed by atoms with Gasteiger partial charge in [-0.3, -0.25) is 4.79 Å². The SMILES string of the molecule is COC(=O)[C@H]1CN(c2cccc(C(F)(F)F)c2)CC[C@@H]1NC(=O)OC(C)(C)C. The second kappa shape index (κ2) is 8.28. The number of benzene rings is 1. The van der Waals surface area contributed by atoms with Gasteiger partial charge in [-0.15, -0.1) is 0 Å². The van der Waals surface area contributed by atoms with Gasteiger partial charge in [-0.2, -0.15) is 13.2 Å². The van der Waals surface area contributed by atoms with E-state index < -0.39 is 41.4 Å². The molecule has 0 bridgehead atoms. The molecule has 1 aromatic rings. The quantitative estimate of drug-likeness (QED) is 0.783. The van der Waals surface area contributed by atoms with Gasteiger partial charge >= 0.3 is 18.2 Å². The molecule has 28 heavy (non-hydrogen) atoms. The number of nitrogens with one attached hydrogen (secondary N) is 1. The van der Waals surface area contributed by atoms with Crippen molar-refractivity contribution in [2.24, 2.45) is 5.92 Å². The third-order valence-corrected chi connectivity index (χ3v) is 4.36. The molecule has 1 N–H and O–H groups in total. The Hall–Kier alpha value is -2.45. The van der Waals surface area contributed by atoms with E-state index in [9.17, 15) is 22.8 Å². The van der Waals surface area contributed by atoms with Gasteiger partial charge in [0.05, 0.1) is 18.6 Å². The largest absolute Gasteiger partial charge is 0.469 e. The fraction of sp³-hybridized carbons (Fsp3) is 0.579. The van der Waals surface area contributed by atoms with Gasteiger partial charge in [0.25, 0.3) is 0 Å². The van der Waals surface area contributed by atoms with E-state index in [0.717, 1.165) is 12.1 Å². The highest BCUT2D eigenvalue weighted by atomic mass is 19.4. The molecule has 2 atom stereocenters. The highest BCUT2D eigenvalue weighted by molar-refractivity contribution is 5.76. The van der Waals surface area contributed by atoms with E-state index in [0.29, 0.717) is 18.7 Å². The number of ether oxygens (including phenoxy) is 2. The van der Waals surface area contributed by atoms with Gasteiger partial charge in [-0.05, 0) is 45.4 Å². The molecule has 9 heteroatoms. The molecule has 0 aromatic heterocycles. The molecule has 2 rings (SSSR count). The molecule has 1 amide bonds. The lowest BCUT2D eigenvalue weighted by molar-refractivity contribution is -0.146. The smallest absolute Gasteiger partial charge is 0.416 e. The van der Waals surface area contributed by atoms with Crippen LogP contribution in [0.25, 0.3) is 0 Å². The Morgan fingerprint density at radius 1 is 1.21 bits per heavy atom. The van der Waals surface area contributed by atoms with Gasteiger partial charge in [-0.25, -0.2) is 4.79 Å². The first-order valence-corrected chi connectivity index (χ1v) is 8.90. The topological polar surface area (TPSA) is 67.9 Å². The minimum atomic E-state index is -4.45. The second-order valence-electron chi connectivity index (χ2n) is 7.67. The Bertz CT molecular complexity index is 716. The number of esters is 1. The molecule has 6 nitrogen and oxygen atoms in total. The predicted molar refractivity (Wildman–Crippen MR) is 96.9 cm³/mol. The summed E-state index contributed by atoms with van der Waals surface area (Å²) in [6.07, 6.45) is -4.75. The molecule has 1 aromatic carbocycles. The maximum Gasteiger partial charge on any atom is 0.416 e. The zero-order valence-corrected chi connectivity index (χ0v) is 16.3. The van der Waals surface area contributed by atoms with Crippen LogP contribution in [-0.2, 0) is 20.4 Å². The lowest BCUT2D eigenvalue weighted by atomic mass is 9.91. The maximum absolute atomic E-state index is 13.0.